The van der Waals surface area contributed by atoms with E-state index in [4.69, 9.17) is 32.7 Å². The second-order valence-electron chi connectivity index (χ2n) is 9.44. The van der Waals surface area contributed by atoms with E-state index in [1.807, 2.05) is 6.92 Å². The van der Waals surface area contributed by atoms with Crippen molar-refractivity contribution < 1.29 is 27.5 Å². The number of halogens is 2. The van der Waals surface area contributed by atoms with E-state index >= 15 is 0 Å². The van der Waals surface area contributed by atoms with Crippen LogP contribution in [0, 0.1) is 0 Å². The Labute approximate surface area is 257 Å². The number of sulfonamides is 1. The van der Waals surface area contributed by atoms with Gasteiger partial charge in [0, 0.05) is 23.1 Å². The number of ether oxygens (including phenoxy) is 2. The molecular weight excluding hydrogens is 601 g/mol. The number of para-hydroxylation sites is 2. The van der Waals surface area contributed by atoms with E-state index in [2.05, 4.69) is 5.32 Å². The van der Waals surface area contributed by atoms with Gasteiger partial charge in [0.25, 0.3) is 10.0 Å². The van der Waals surface area contributed by atoms with E-state index in [1.165, 1.54) is 43.4 Å². The van der Waals surface area contributed by atoms with Crippen LogP contribution in [0.2, 0.25) is 10.0 Å². The number of benzene rings is 3. The molecule has 0 aliphatic rings. The Morgan fingerprint density at radius 3 is 2.29 bits per heavy atom. The summed E-state index contributed by atoms with van der Waals surface area (Å²) >= 11 is 12.5. The van der Waals surface area contributed by atoms with Crippen LogP contribution >= 0.6 is 23.2 Å². The molecule has 0 unspecified atom stereocenters. The first kappa shape index (κ1) is 33.0. The maximum Gasteiger partial charge on any atom is 0.264 e. The summed E-state index contributed by atoms with van der Waals surface area (Å²) < 4.78 is 39.7. The van der Waals surface area contributed by atoms with Crippen molar-refractivity contribution in [2.75, 3.05) is 31.6 Å². The van der Waals surface area contributed by atoms with E-state index < -0.39 is 28.5 Å². The maximum atomic E-state index is 14.1. The summed E-state index contributed by atoms with van der Waals surface area (Å²) in [6, 6.07) is 16.2. The Hall–Kier alpha value is -3.47. The number of hydrogen-bond donors (Lipinski definition) is 1. The maximum absolute atomic E-state index is 14.1. The van der Waals surface area contributed by atoms with Crippen molar-refractivity contribution in [2.24, 2.45) is 0 Å². The fraction of sp³-hybridized carbons (Fsp3) is 0.333. The summed E-state index contributed by atoms with van der Waals surface area (Å²) in [5, 5.41) is 3.58. The molecule has 0 bridgehead atoms. The van der Waals surface area contributed by atoms with Crippen LogP contribution in [0.1, 0.15) is 32.3 Å². The Morgan fingerprint density at radius 1 is 0.976 bits per heavy atom. The first-order valence-corrected chi connectivity index (χ1v) is 15.5. The minimum atomic E-state index is -4.28. The van der Waals surface area contributed by atoms with Gasteiger partial charge in [-0.15, -0.1) is 0 Å². The Balaban J connectivity index is 2.06. The van der Waals surface area contributed by atoms with Gasteiger partial charge in [-0.05, 0) is 67.4 Å². The largest absolute Gasteiger partial charge is 0.497 e. The van der Waals surface area contributed by atoms with Crippen LogP contribution in [0.5, 0.6) is 11.5 Å². The number of unbranched alkanes of at least 4 members (excludes halogenated alkanes) is 1. The van der Waals surface area contributed by atoms with Gasteiger partial charge in [0.05, 0.1) is 24.8 Å². The fourth-order valence-electron chi connectivity index (χ4n) is 4.18. The number of nitrogens with zero attached hydrogens (tertiary/aromatic N) is 2. The van der Waals surface area contributed by atoms with E-state index in [-0.39, 0.29) is 28.8 Å². The quantitative estimate of drug-likeness (QED) is 0.233. The van der Waals surface area contributed by atoms with Crippen molar-refractivity contribution >= 4 is 50.7 Å². The summed E-state index contributed by atoms with van der Waals surface area (Å²) in [6.07, 6.45) is 1.66. The van der Waals surface area contributed by atoms with Gasteiger partial charge < -0.3 is 19.7 Å². The number of methoxy groups -OCH3 is 2. The van der Waals surface area contributed by atoms with Gasteiger partial charge >= 0.3 is 0 Å². The lowest BCUT2D eigenvalue weighted by molar-refractivity contribution is -0.139. The highest BCUT2D eigenvalue weighted by atomic mass is 35.5. The van der Waals surface area contributed by atoms with Crippen molar-refractivity contribution in [3.8, 4) is 11.5 Å². The van der Waals surface area contributed by atoms with Crippen LogP contribution in [-0.2, 0) is 26.2 Å². The molecule has 0 spiro atoms. The molecule has 0 aromatic heterocycles. The second kappa shape index (κ2) is 15.1. The monoisotopic (exact) mass is 635 g/mol. The lowest BCUT2D eigenvalue weighted by Crippen LogP contribution is -2.51. The van der Waals surface area contributed by atoms with E-state index in [1.54, 1.807) is 49.4 Å². The number of carbonyl (C=O) groups excluding carboxylic acids is 2. The molecular formula is C30H35Cl2N3O6S. The normalized spacial score (nSPS) is 11.9. The Kier molecular flexibility index (Phi) is 11.9. The number of rotatable bonds is 14. The third kappa shape index (κ3) is 8.08. The van der Waals surface area contributed by atoms with Crippen LogP contribution in [0.4, 0.5) is 5.69 Å². The number of carbonyl (C=O) groups is 2. The molecule has 3 aromatic carbocycles. The molecule has 0 heterocycles. The standard InChI is InChI=1S/C30H35Cl2N3O6S/c1-5-6-17-33-30(37)21(2)34(19-22-11-12-23(31)18-26(22)32)29(36)20-35(27-9-7-8-10-28(27)41-4)42(38,39)25-15-13-24(40-3)14-16-25/h7-16,18,21H,5-6,17,19-20H2,1-4H3,(H,33,37)/t21-/m0/s1. The van der Waals surface area contributed by atoms with E-state index in [0.29, 0.717) is 27.9 Å². The first-order valence-electron chi connectivity index (χ1n) is 13.3. The molecule has 0 radical (unpaired) electrons. The predicted octanol–water partition coefficient (Wildman–Crippen LogP) is 5.54. The third-order valence-corrected chi connectivity index (χ3v) is 8.99. The fourth-order valence-corrected chi connectivity index (χ4v) is 6.07. The summed E-state index contributed by atoms with van der Waals surface area (Å²) in [7, 11) is -1.39. The van der Waals surface area contributed by atoms with Gasteiger partial charge in [-0.3, -0.25) is 13.9 Å². The van der Waals surface area contributed by atoms with Crippen LogP contribution in [0.15, 0.2) is 71.6 Å². The Bertz CT molecular complexity index is 1480. The summed E-state index contributed by atoms with van der Waals surface area (Å²) in [4.78, 5) is 28.4. The number of hydrogen-bond acceptors (Lipinski definition) is 6. The van der Waals surface area contributed by atoms with Gasteiger partial charge in [0.15, 0.2) is 0 Å². The zero-order chi connectivity index (χ0) is 30.9. The molecule has 1 atom stereocenters. The van der Waals surface area contributed by atoms with Crippen LogP contribution in [0.3, 0.4) is 0 Å². The van der Waals surface area contributed by atoms with Gasteiger partial charge in [0.1, 0.15) is 24.1 Å². The first-order chi connectivity index (χ1) is 20.0. The lowest BCUT2D eigenvalue weighted by Gasteiger charge is -2.32. The van der Waals surface area contributed by atoms with Gasteiger partial charge in [-0.1, -0.05) is 54.7 Å². The smallest absolute Gasteiger partial charge is 0.264 e. The predicted molar refractivity (Wildman–Crippen MR) is 165 cm³/mol. The topological polar surface area (TPSA) is 105 Å². The average Bonchev–Trinajstić information content (AvgIpc) is 2.99. The van der Waals surface area contributed by atoms with Crippen molar-refractivity contribution in [1.29, 1.82) is 0 Å². The van der Waals surface area contributed by atoms with Crippen molar-refractivity contribution in [1.82, 2.24) is 10.2 Å². The highest BCUT2D eigenvalue weighted by molar-refractivity contribution is 7.92. The van der Waals surface area contributed by atoms with Crippen LogP contribution < -0.4 is 19.1 Å². The van der Waals surface area contributed by atoms with Crippen LogP contribution in [-0.4, -0.2) is 58.5 Å². The molecule has 0 aliphatic carbocycles. The third-order valence-electron chi connectivity index (χ3n) is 6.63. The Morgan fingerprint density at radius 2 is 1.67 bits per heavy atom. The average molecular weight is 637 g/mol. The molecule has 1 N–H and O–H groups in total. The summed E-state index contributed by atoms with van der Waals surface area (Å²) in [5.74, 6) is -0.270. The molecule has 9 nitrogen and oxygen atoms in total. The highest BCUT2D eigenvalue weighted by Crippen LogP contribution is 2.33. The SMILES string of the molecule is CCCCNC(=O)[C@H](C)N(Cc1ccc(Cl)cc1Cl)C(=O)CN(c1ccccc1OC)S(=O)(=O)c1ccc(OC)cc1. The molecule has 3 rings (SSSR count). The zero-order valence-electron chi connectivity index (χ0n) is 24.0. The number of nitrogens with one attached hydrogen (secondary N) is 1. The molecule has 0 fully saturated rings. The molecule has 42 heavy (non-hydrogen) atoms. The van der Waals surface area contributed by atoms with Crippen molar-refractivity contribution in [2.45, 2.75) is 44.2 Å². The summed E-state index contributed by atoms with van der Waals surface area (Å²) in [5.41, 5.74) is 0.707. The minimum Gasteiger partial charge on any atom is -0.497 e. The summed E-state index contributed by atoms with van der Waals surface area (Å²) in [6.45, 7) is 3.37. The molecule has 12 heteroatoms. The number of anilines is 1. The van der Waals surface area contributed by atoms with Crippen molar-refractivity contribution in [3.63, 3.8) is 0 Å². The van der Waals surface area contributed by atoms with Gasteiger partial charge in [0.2, 0.25) is 11.8 Å². The van der Waals surface area contributed by atoms with Gasteiger partial charge in [-0.2, -0.15) is 0 Å². The van der Waals surface area contributed by atoms with Gasteiger partial charge in [-0.25, -0.2) is 8.42 Å². The zero-order valence-corrected chi connectivity index (χ0v) is 26.3. The highest BCUT2D eigenvalue weighted by Gasteiger charge is 2.34. The molecule has 226 valence electrons. The second-order valence-corrected chi connectivity index (χ2v) is 12.1. The molecule has 0 saturated heterocycles. The minimum absolute atomic E-state index is 0.0559. The molecule has 0 aliphatic heterocycles. The number of amides is 2. The lowest BCUT2D eigenvalue weighted by atomic mass is 10.1. The molecule has 3 aromatic rings. The van der Waals surface area contributed by atoms with E-state index in [0.717, 1.165) is 17.1 Å². The van der Waals surface area contributed by atoms with E-state index in [9.17, 15) is 18.0 Å². The molecule has 0 saturated carbocycles. The van der Waals surface area contributed by atoms with Crippen molar-refractivity contribution in [3.05, 3.63) is 82.3 Å². The van der Waals surface area contributed by atoms with Crippen LogP contribution in [0.25, 0.3) is 0 Å². The molecule has 2 amide bonds.